The molecule has 168 valence electrons. The van der Waals surface area contributed by atoms with Crippen LogP contribution >= 0.6 is 11.3 Å². The molecule has 7 nitrogen and oxygen atoms in total. The van der Waals surface area contributed by atoms with Crippen molar-refractivity contribution in [2.45, 2.75) is 13.5 Å². The van der Waals surface area contributed by atoms with E-state index in [0.29, 0.717) is 49.9 Å². The smallest absolute Gasteiger partial charge is 0.387 e. The molecule has 5 aromatic rings. The van der Waals surface area contributed by atoms with Crippen LogP contribution in [0.2, 0.25) is 0 Å². The molecule has 33 heavy (non-hydrogen) atoms. The van der Waals surface area contributed by atoms with Gasteiger partial charge in [0.15, 0.2) is 5.65 Å². The summed E-state index contributed by atoms with van der Waals surface area (Å²) in [6.45, 7) is -3.18. The van der Waals surface area contributed by atoms with E-state index in [-0.39, 0.29) is 5.75 Å². The topological polar surface area (TPSA) is 71.2 Å². The number of nitrogens with zero attached hydrogens (tertiary/aromatic N) is 4. The maximum atomic E-state index is 13.7. The van der Waals surface area contributed by atoms with Crippen molar-refractivity contribution in [2.75, 3.05) is 6.61 Å². The number of alkyl halides is 2. The minimum absolute atomic E-state index is 0.0424. The Hall–Kier alpha value is -3.79. The number of fused-ring (bicyclic) bond motifs is 2. The van der Waals surface area contributed by atoms with Crippen molar-refractivity contribution in [3.8, 4) is 27.8 Å². The zero-order valence-electron chi connectivity index (χ0n) is 20.2. The van der Waals surface area contributed by atoms with Crippen molar-refractivity contribution in [1.82, 2.24) is 19.3 Å². The average molecular weight is 472 g/mol. The van der Waals surface area contributed by atoms with Gasteiger partial charge in [-0.1, -0.05) is 17.4 Å². The Morgan fingerprint density at radius 2 is 2.00 bits per heavy atom. The molecule has 0 aliphatic carbocycles. The molecule has 0 unspecified atom stereocenters. The van der Waals surface area contributed by atoms with E-state index in [9.17, 15) is 13.6 Å². The van der Waals surface area contributed by atoms with Crippen LogP contribution in [0.25, 0.3) is 38.1 Å². The number of pyridine rings is 1. The summed E-state index contributed by atoms with van der Waals surface area (Å²) in [6, 6.07) is 12.4. The van der Waals surface area contributed by atoms with Crippen LogP contribution in [0.15, 0.2) is 59.5 Å². The fraction of sp³-hybridized carbons (Fsp3) is 0.174. The molecule has 0 spiro atoms. The van der Waals surface area contributed by atoms with Gasteiger partial charge in [-0.05, 0) is 55.0 Å². The lowest BCUT2D eigenvalue weighted by molar-refractivity contribution is -0.0498. The Bertz CT molecular complexity index is 1630. The van der Waals surface area contributed by atoms with E-state index >= 15 is 0 Å². The van der Waals surface area contributed by atoms with Crippen LogP contribution in [0.5, 0.6) is 10.9 Å². The Labute approximate surface area is 194 Å². The van der Waals surface area contributed by atoms with E-state index < -0.39 is 19.1 Å². The summed E-state index contributed by atoms with van der Waals surface area (Å²) in [5.41, 5.74) is 1.72. The molecule has 2 aromatic carbocycles. The summed E-state index contributed by atoms with van der Waals surface area (Å²) in [4.78, 5) is 18.2. The highest BCUT2D eigenvalue weighted by atomic mass is 32.1. The largest absolute Gasteiger partial charge is 0.470 e. The van der Waals surface area contributed by atoms with Gasteiger partial charge in [0, 0.05) is 28.2 Å². The lowest BCUT2D eigenvalue weighted by Gasteiger charge is -2.11. The van der Waals surface area contributed by atoms with Crippen LogP contribution in [0.4, 0.5) is 8.78 Å². The van der Waals surface area contributed by atoms with Crippen LogP contribution in [-0.4, -0.2) is 32.5 Å². The quantitative estimate of drug-likeness (QED) is 0.349. The molecular formula is C23H18F2N4O3S. The van der Waals surface area contributed by atoms with Crippen molar-refractivity contribution in [1.29, 1.82) is 0 Å². The van der Waals surface area contributed by atoms with Gasteiger partial charge in [-0.15, -0.1) is 0 Å². The van der Waals surface area contributed by atoms with Gasteiger partial charge in [0.1, 0.15) is 5.75 Å². The standard InChI is InChI=1S/C23H18F2N4O3S/c1-3-31-23-26-20-19(33-23)11-17(13-4-9-18-14(10-13)12-28(2)27-18)21(30)29(20)15-5-7-16(8-6-15)32-22(24)25/h4-12,22H,3H2,1-2H3/i2D3. The maximum Gasteiger partial charge on any atom is 0.387 e. The maximum absolute atomic E-state index is 13.7. The number of aromatic nitrogens is 4. The van der Waals surface area contributed by atoms with Gasteiger partial charge in [-0.3, -0.25) is 14.0 Å². The van der Waals surface area contributed by atoms with E-state index in [1.54, 1.807) is 24.3 Å². The number of ether oxygens (including phenoxy) is 2. The number of aryl methyl sites for hydroxylation is 1. The van der Waals surface area contributed by atoms with Gasteiger partial charge in [-0.2, -0.15) is 18.9 Å². The SMILES string of the molecule is [2H]C([2H])([2H])n1cc2cc(-c3cc4sc(OCC)nc4n(-c4ccc(OC(F)F)cc4)c3=O)ccc2n1. The van der Waals surface area contributed by atoms with Crippen LogP contribution in [-0.2, 0) is 6.98 Å². The number of hydrogen-bond acceptors (Lipinski definition) is 6. The summed E-state index contributed by atoms with van der Waals surface area (Å²) in [7, 11) is 0. The molecule has 0 radical (unpaired) electrons. The fourth-order valence-corrected chi connectivity index (χ4v) is 4.47. The molecule has 0 bridgehead atoms. The Morgan fingerprint density at radius 1 is 1.18 bits per heavy atom. The molecule has 0 aliphatic heterocycles. The van der Waals surface area contributed by atoms with Gasteiger partial charge < -0.3 is 9.47 Å². The molecule has 0 atom stereocenters. The lowest BCUT2D eigenvalue weighted by Crippen LogP contribution is -2.20. The number of benzene rings is 2. The van der Waals surface area contributed by atoms with E-state index in [2.05, 4.69) is 14.8 Å². The predicted octanol–water partition coefficient (Wildman–Crippen LogP) is 5.00. The molecule has 0 fully saturated rings. The van der Waals surface area contributed by atoms with E-state index in [1.165, 1.54) is 46.4 Å². The van der Waals surface area contributed by atoms with Crippen molar-refractivity contribution < 1.29 is 22.4 Å². The first-order valence-electron chi connectivity index (χ1n) is 11.4. The van der Waals surface area contributed by atoms with E-state index in [0.717, 1.165) is 4.68 Å². The third-order valence-corrected chi connectivity index (χ3v) is 5.84. The van der Waals surface area contributed by atoms with E-state index in [4.69, 9.17) is 8.85 Å². The Morgan fingerprint density at radius 3 is 2.73 bits per heavy atom. The van der Waals surface area contributed by atoms with Crippen LogP contribution in [0.3, 0.4) is 0 Å². The highest BCUT2D eigenvalue weighted by molar-refractivity contribution is 7.20. The molecule has 3 aromatic heterocycles. The predicted molar refractivity (Wildman–Crippen MR) is 123 cm³/mol. The van der Waals surface area contributed by atoms with Crippen molar-refractivity contribution >= 4 is 32.6 Å². The molecule has 0 aliphatic rings. The van der Waals surface area contributed by atoms with E-state index in [1.807, 2.05) is 6.92 Å². The van der Waals surface area contributed by atoms with Gasteiger partial charge >= 0.3 is 6.61 Å². The lowest BCUT2D eigenvalue weighted by atomic mass is 10.1. The molecule has 0 N–H and O–H groups in total. The molecule has 10 heteroatoms. The monoisotopic (exact) mass is 471 g/mol. The first-order chi connectivity index (χ1) is 17.1. The first kappa shape index (κ1) is 17.7. The zero-order chi connectivity index (χ0) is 25.6. The third-order valence-electron chi connectivity index (χ3n) is 4.94. The summed E-state index contributed by atoms with van der Waals surface area (Å²) >= 11 is 1.26. The second-order valence-corrected chi connectivity index (χ2v) is 8.01. The third kappa shape index (κ3) is 3.93. The number of rotatable bonds is 6. The van der Waals surface area contributed by atoms with Gasteiger partial charge in [0.2, 0.25) is 0 Å². The molecular weight excluding hydrogens is 450 g/mol. The number of hydrogen-bond donors (Lipinski definition) is 0. The summed E-state index contributed by atoms with van der Waals surface area (Å²) in [5, 5.41) is 5.03. The van der Waals surface area contributed by atoms with Gasteiger partial charge in [0.05, 0.1) is 22.5 Å². The van der Waals surface area contributed by atoms with Crippen molar-refractivity contribution in [3.05, 3.63) is 65.1 Å². The van der Waals surface area contributed by atoms with Gasteiger partial charge in [-0.25, -0.2) is 0 Å². The average Bonchev–Trinajstić information content (AvgIpc) is 3.42. The molecule has 3 heterocycles. The highest BCUT2D eigenvalue weighted by Gasteiger charge is 2.18. The fourth-order valence-electron chi connectivity index (χ4n) is 3.57. The first-order valence-corrected chi connectivity index (χ1v) is 10.7. The summed E-state index contributed by atoms with van der Waals surface area (Å²) < 4.78 is 60.8. The highest BCUT2D eigenvalue weighted by Crippen LogP contribution is 2.32. The van der Waals surface area contributed by atoms with Crippen LogP contribution < -0.4 is 15.0 Å². The minimum atomic E-state index is -2.97. The second-order valence-electron chi connectivity index (χ2n) is 7.02. The summed E-state index contributed by atoms with van der Waals surface area (Å²) in [5.74, 6) is -0.0424. The van der Waals surface area contributed by atoms with Crippen LogP contribution in [0, 0.1) is 0 Å². The van der Waals surface area contributed by atoms with Crippen molar-refractivity contribution in [3.63, 3.8) is 0 Å². The second kappa shape index (κ2) is 8.28. The van der Waals surface area contributed by atoms with Gasteiger partial charge in [0.25, 0.3) is 10.8 Å². The Balaban J connectivity index is 1.69. The minimum Gasteiger partial charge on any atom is -0.470 e. The van der Waals surface area contributed by atoms with Crippen molar-refractivity contribution in [2.24, 2.45) is 6.98 Å². The molecule has 0 saturated heterocycles. The molecule has 5 rings (SSSR count). The number of thiazole rings is 1. The normalized spacial score (nSPS) is 13.3. The molecule has 0 saturated carbocycles. The summed E-state index contributed by atoms with van der Waals surface area (Å²) in [6.07, 6.45) is 1.41. The molecule has 0 amide bonds. The Kier molecular flexibility index (Phi) is 4.45. The zero-order valence-corrected chi connectivity index (χ0v) is 18.0. The number of halogens is 2. The van der Waals surface area contributed by atoms with Crippen LogP contribution in [0.1, 0.15) is 11.0 Å².